The maximum atomic E-state index is 14.1. The molecule has 1 aromatic heterocycles. The van der Waals surface area contributed by atoms with E-state index in [2.05, 4.69) is 19.2 Å². The average molecular weight is 514 g/mol. The lowest BCUT2D eigenvalue weighted by Crippen LogP contribution is -2.56. The molecule has 3 aliphatic rings. The van der Waals surface area contributed by atoms with E-state index < -0.39 is 0 Å². The topological polar surface area (TPSA) is 88.9 Å². The summed E-state index contributed by atoms with van der Waals surface area (Å²) in [6.45, 7) is 9.81. The molecule has 9 nitrogen and oxygen atoms in total. The fourth-order valence-electron chi connectivity index (χ4n) is 5.32. The third-order valence-corrected chi connectivity index (χ3v) is 7.30. The van der Waals surface area contributed by atoms with Crippen LogP contribution < -0.4 is 5.32 Å². The number of amides is 2. The third kappa shape index (κ3) is 6.51. The smallest absolute Gasteiger partial charge is 0.290 e. The van der Waals surface area contributed by atoms with Crippen molar-refractivity contribution in [2.24, 2.45) is 11.8 Å². The van der Waals surface area contributed by atoms with Crippen LogP contribution in [0.4, 0.5) is 0 Å². The van der Waals surface area contributed by atoms with Gasteiger partial charge in [-0.15, -0.1) is 0 Å². The van der Waals surface area contributed by atoms with Gasteiger partial charge in [0.25, 0.3) is 5.91 Å². The van der Waals surface area contributed by atoms with E-state index in [1.165, 1.54) is 0 Å². The lowest BCUT2D eigenvalue weighted by atomic mass is 9.92. The molecule has 1 N–H and O–H groups in total. The van der Waals surface area contributed by atoms with Crippen LogP contribution in [0.25, 0.3) is 11.0 Å². The minimum absolute atomic E-state index is 0. The van der Waals surface area contributed by atoms with Crippen molar-refractivity contribution in [3.63, 3.8) is 0 Å². The highest BCUT2D eigenvalue weighted by atomic mass is 16.5. The van der Waals surface area contributed by atoms with Gasteiger partial charge in [0.15, 0.2) is 5.82 Å². The van der Waals surface area contributed by atoms with Gasteiger partial charge in [0.1, 0.15) is 0 Å². The summed E-state index contributed by atoms with van der Waals surface area (Å²) in [5.41, 5.74) is 1.77. The minimum Gasteiger partial charge on any atom is -0.378 e. The van der Waals surface area contributed by atoms with E-state index in [0.29, 0.717) is 83.4 Å². The molecule has 0 unspecified atom stereocenters. The van der Waals surface area contributed by atoms with Gasteiger partial charge >= 0.3 is 0 Å². The Hall–Kier alpha value is -2.49. The Morgan fingerprint density at radius 2 is 1.95 bits per heavy atom. The largest absolute Gasteiger partial charge is 0.378 e. The Bertz CT molecular complexity index is 1060. The zero-order chi connectivity index (χ0) is 25.1. The highest BCUT2D eigenvalue weighted by Crippen LogP contribution is 2.25. The number of ether oxygens (including phenoxy) is 2. The number of aromatic nitrogens is 2. The third-order valence-electron chi connectivity index (χ3n) is 7.30. The standard InChI is InChI=1S/C27H39N5O4.CH4/c1-19(2)18-32(21-15-20(16-28-17-21)26(33)30-9-12-35-13-10-30)27(34)25-29-23-5-3-4-6-24(23)31(25)11-14-36-22-7-8-22;/h3-6,19-22,28H,7-18H2,1-2H3;1H4/t20-,21+;/m1./s1. The molecule has 0 radical (unpaired) electrons. The zero-order valence-corrected chi connectivity index (χ0v) is 21.5. The molecule has 5 rings (SSSR count). The molecule has 2 aromatic rings. The van der Waals surface area contributed by atoms with Crippen LogP contribution in [0.5, 0.6) is 0 Å². The second-order valence-corrected chi connectivity index (χ2v) is 10.7. The average Bonchev–Trinajstić information content (AvgIpc) is 3.66. The molecule has 3 fully saturated rings. The maximum Gasteiger partial charge on any atom is 0.290 e. The molecule has 3 heterocycles. The van der Waals surface area contributed by atoms with Gasteiger partial charge in [0.05, 0.1) is 42.9 Å². The van der Waals surface area contributed by atoms with E-state index in [1.807, 2.05) is 38.6 Å². The van der Waals surface area contributed by atoms with Gasteiger partial charge in [-0.2, -0.15) is 0 Å². The van der Waals surface area contributed by atoms with Crippen molar-refractivity contribution >= 4 is 22.8 Å². The van der Waals surface area contributed by atoms with Crippen LogP contribution in [0.15, 0.2) is 24.3 Å². The minimum atomic E-state index is -0.143. The molecule has 2 saturated heterocycles. The highest BCUT2D eigenvalue weighted by Gasteiger charge is 2.36. The molecular weight excluding hydrogens is 470 g/mol. The Kier molecular flexibility index (Phi) is 9.21. The summed E-state index contributed by atoms with van der Waals surface area (Å²) in [5.74, 6) is 0.697. The fourth-order valence-corrected chi connectivity index (χ4v) is 5.32. The number of hydrogen-bond donors (Lipinski definition) is 1. The number of nitrogens with zero attached hydrogens (tertiary/aromatic N) is 4. The van der Waals surface area contributed by atoms with E-state index in [0.717, 1.165) is 23.9 Å². The predicted molar refractivity (Wildman–Crippen MR) is 143 cm³/mol. The fraction of sp³-hybridized carbons (Fsp3) is 0.679. The van der Waals surface area contributed by atoms with Crippen LogP contribution >= 0.6 is 0 Å². The second-order valence-electron chi connectivity index (χ2n) is 10.7. The van der Waals surface area contributed by atoms with E-state index in [-0.39, 0.29) is 31.2 Å². The first-order valence-corrected chi connectivity index (χ1v) is 13.5. The molecule has 1 aromatic carbocycles. The van der Waals surface area contributed by atoms with Gasteiger partial charge in [-0.25, -0.2) is 4.98 Å². The van der Waals surface area contributed by atoms with Crippen molar-refractivity contribution in [1.82, 2.24) is 24.7 Å². The number of rotatable bonds is 9. The van der Waals surface area contributed by atoms with Gasteiger partial charge in [-0.1, -0.05) is 33.4 Å². The van der Waals surface area contributed by atoms with Crippen LogP contribution in [0, 0.1) is 11.8 Å². The summed E-state index contributed by atoms with van der Waals surface area (Å²) < 4.78 is 13.3. The number of imidazole rings is 1. The Balaban J connectivity index is 0.00000320. The Labute approximate surface area is 220 Å². The van der Waals surface area contributed by atoms with E-state index in [4.69, 9.17) is 14.5 Å². The number of nitrogens with one attached hydrogen (secondary N) is 1. The van der Waals surface area contributed by atoms with Crippen LogP contribution in [-0.4, -0.2) is 95.9 Å². The normalized spacial score (nSPS) is 22.2. The van der Waals surface area contributed by atoms with Gasteiger partial charge in [-0.05, 0) is 37.3 Å². The molecule has 2 aliphatic heterocycles. The molecular formula is C28H43N5O4. The number of para-hydroxylation sites is 2. The number of hydrogen-bond acceptors (Lipinski definition) is 6. The van der Waals surface area contributed by atoms with Crippen molar-refractivity contribution in [3.05, 3.63) is 30.1 Å². The zero-order valence-electron chi connectivity index (χ0n) is 21.5. The molecule has 204 valence electrons. The van der Waals surface area contributed by atoms with Crippen molar-refractivity contribution < 1.29 is 19.1 Å². The summed E-state index contributed by atoms with van der Waals surface area (Å²) in [6, 6.07) is 7.83. The van der Waals surface area contributed by atoms with Crippen LogP contribution in [0.2, 0.25) is 0 Å². The Morgan fingerprint density at radius 1 is 1.19 bits per heavy atom. The second kappa shape index (κ2) is 12.4. The number of fused-ring (bicyclic) bond motifs is 1. The van der Waals surface area contributed by atoms with Crippen LogP contribution in [0.1, 0.15) is 51.2 Å². The van der Waals surface area contributed by atoms with Crippen molar-refractivity contribution in [1.29, 1.82) is 0 Å². The van der Waals surface area contributed by atoms with Gasteiger partial charge < -0.3 is 29.2 Å². The molecule has 0 spiro atoms. The first-order valence-electron chi connectivity index (χ1n) is 13.5. The maximum absolute atomic E-state index is 14.1. The van der Waals surface area contributed by atoms with Gasteiger partial charge in [0, 0.05) is 45.3 Å². The molecule has 0 bridgehead atoms. The summed E-state index contributed by atoms with van der Waals surface area (Å²) in [5, 5.41) is 3.44. The number of carbonyl (C=O) groups excluding carboxylic acids is 2. The predicted octanol–water partition coefficient (Wildman–Crippen LogP) is 2.79. The first kappa shape index (κ1) is 27.5. The molecule has 1 aliphatic carbocycles. The summed E-state index contributed by atoms with van der Waals surface area (Å²) >= 11 is 0. The SMILES string of the molecule is C.CC(C)CN(C(=O)c1nc2ccccc2n1CCOC1CC1)[C@@H]1CNC[C@H](C(=O)N2CCOCC2)C1. The lowest BCUT2D eigenvalue weighted by molar-refractivity contribution is -0.140. The molecule has 9 heteroatoms. The molecule has 2 amide bonds. The van der Waals surface area contributed by atoms with Crippen molar-refractivity contribution in [2.45, 2.75) is 59.2 Å². The molecule has 2 atom stereocenters. The quantitative estimate of drug-likeness (QED) is 0.555. The molecule has 37 heavy (non-hydrogen) atoms. The number of benzene rings is 1. The van der Waals surface area contributed by atoms with Gasteiger partial charge in [-0.3, -0.25) is 9.59 Å². The number of piperidine rings is 1. The van der Waals surface area contributed by atoms with E-state index in [9.17, 15) is 9.59 Å². The van der Waals surface area contributed by atoms with E-state index in [1.54, 1.807) is 0 Å². The van der Waals surface area contributed by atoms with Crippen molar-refractivity contribution in [3.8, 4) is 0 Å². The van der Waals surface area contributed by atoms with E-state index >= 15 is 0 Å². The summed E-state index contributed by atoms with van der Waals surface area (Å²) in [4.78, 5) is 36.0. The first-order chi connectivity index (χ1) is 17.5. The van der Waals surface area contributed by atoms with Crippen LogP contribution in [0.3, 0.4) is 0 Å². The highest BCUT2D eigenvalue weighted by molar-refractivity contribution is 5.95. The summed E-state index contributed by atoms with van der Waals surface area (Å²) in [6.07, 6.45) is 3.27. The van der Waals surface area contributed by atoms with Gasteiger partial charge in [0.2, 0.25) is 5.91 Å². The lowest BCUT2D eigenvalue weighted by Gasteiger charge is -2.40. The number of morpholine rings is 1. The molecule has 1 saturated carbocycles. The summed E-state index contributed by atoms with van der Waals surface area (Å²) in [7, 11) is 0. The Morgan fingerprint density at radius 3 is 2.68 bits per heavy atom. The van der Waals surface area contributed by atoms with Crippen LogP contribution in [-0.2, 0) is 20.8 Å². The monoisotopic (exact) mass is 513 g/mol. The number of carbonyl (C=O) groups is 2. The van der Waals surface area contributed by atoms with Crippen molar-refractivity contribution in [2.75, 3.05) is 52.5 Å².